The highest BCUT2D eigenvalue weighted by molar-refractivity contribution is 8.33. The Balaban J connectivity index is 2.32. The summed E-state index contributed by atoms with van der Waals surface area (Å²) in [4.78, 5) is 0. The van der Waals surface area contributed by atoms with Crippen molar-refractivity contribution < 1.29 is 0 Å². The van der Waals surface area contributed by atoms with Crippen LogP contribution in [0.5, 0.6) is 0 Å². The van der Waals surface area contributed by atoms with Crippen LogP contribution in [0.4, 0.5) is 0 Å². The molecule has 1 heterocycles. The molecule has 1 aliphatic heterocycles. The van der Waals surface area contributed by atoms with Crippen LogP contribution in [0.25, 0.3) is 0 Å². The number of hydrogen-bond donors (Lipinski definition) is 0. The zero-order valence-electron chi connectivity index (χ0n) is 7.99. The lowest BCUT2D eigenvalue weighted by Gasteiger charge is -2.44. The maximum absolute atomic E-state index is 2.31. The van der Waals surface area contributed by atoms with Crippen molar-refractivity contribution in [2.24, 2.45) is 5.92 Å². The van der Waals surface area contributed by atoms with Crippen LogP contribution in [0.1, 0.15) is 19.4 Å². The fraction of sp³-hybridized carbons (Fsp3) is 0.455. The van der Waals surface area contributed by atoms with Gasteiger partial charge in [-0.2, -0.15) is 0 Å². The summed E-state index contributed by atoms with van der Waals surface area (Å²) in [6, 6.07) is 10.9. The molecule has 0 amide bonds. The van der Waals surface area contributed by atoms with Gasteiger partial charge in [0.1, 0.15) is 0 Å². The molecule has 2 heteroatoms. The molecule has 1 fully saturated rings. The highest BCUT2D eigenvalue weighted by atomic mass is 32.3. The highest BCUT2D eigenvalue weighted by Gasteiger charge is 2.43. The second-order valence-electron chi connectivity index (χ2n) is 3.59. The lowest BCUT2D eigenvalue weighted by atomic mass is 10.0. The van der Waals surface area contributed by atoms with Crippen LogP contribution in [0.3, 0.4) is 0 Å². The smallest absolute Gasteiger partial charge is 0.0899 e. The second-order valence-corrected chi connectivity index (χ2v) is 6.66. The third kappa shape index (κ3) is 1.50. The molecule has 0 spiro atoms. The lowest BCUT2D eigenvalue weighted by molar-refractivity contribution is 0.586. The van der Waals surface area contributed by atoms with Crippen LogP contribution in [0.2, 0.25) is 0 Å². The summed E-state index contributed by atoms with van der Waals surface area (Å²) in [5, 5.41) is 1.24. The molecule has 0 aliphatic carbocycles. The lowest BCUT2D eigenvalue weighted by Crippen LogP contribution is -2.31. The molecule has 0 atom stereocenters. The van der Waals surface area contributed by atoms with E-state index in [1.165, 1.54) is 10.6 Å². The van der Waals surface area contributed by atoms with E-state index in [9.17, 15) is 0 Å². The number of hydrogen-bond acceptors (Lipinski definition) is 2. The van der Waals surface area contributed by atoms with Crippen molar-refractivity contribution in [3.05, 3.63) is 35.9 Å². The van der Waals surface area contributed by atoms with Crippen LogP contribution >= 0.6 is 23.5 Å². The quantitative estimate of drug-likeness (QED) is 0.725. The normalized spacial score (nSPS) is 19.9. The second kappa shape index (κ2) is 3.58. The molecular formula is C11H14S2. The van der Waals surface area contributed by atoms with Crippen molar-refractivity contribution in [2.45, 2.75) is 17.9 Å². The van der Waals surface area contributed by atoms with Gasteiger partial charge in [-0.15, -0.1) is 23.5 Å². The molecular weight excluding hydrogens is 196 g/mol. The Morgan fingerprint density at radius 2 is 1.77 bits per heavy atom. The number of benzene rings is 1. The maximum Gasteiger partial charge on any atom is 0.0899 e. The Bertz CT molecular complexity index is 275. The van der Waals surface area contributed by atoms with E-state index in [0.717, 1.165) is 0 Å². The summed E-state index contributed by atoms with van der Waals surface area (Å²) in [7, 11) is 0. The molecule has 0 bridgehead atoms. The van der Waals surface area contributed by atoms with Crippen molar-refractivity contribution in [3.8, 4) is 0 Å². The molecule has 1 saturated heterocycles. The van der Waals surface area contributed by atoms with Crippen LogP contribution in [-0.2, 0) is 4.08 Å². The summed E-state index contributed by atoms with van der Waals surface area (Å²) in [6.45, 7) is 4.62. The molecule has 0 N–H and O–H groups in total. The molecule has 1 aromatic carbocycles. The Hall–Kier alpha value is -0.0800. The van der Waals surface area contributed by atoms with Gasteiger partial charge in [0.05, 0.1) is 4.08 Å². The van der Waals surface area contributed by atoms with Crippen LogP contribution in [-0.4, -0.2) is 5.08 Å². The van der Waals surface area contributed by atoms with Crippen molar-refractivity contribution in [1.82, 2.24) is 0 Å². The summed E-state index contributed by atoms with van der Waals surface area (Å²) in [5.74, 6) is 0.707. The average Bonchev–Trinajstić information content (AvgIpc) is 2.03. The van der Waals surface area contributed by atoms with Gasteiger partial charge in [-0.05, 0) is 11.5 Å². The Kier molecular flexibility index (Phi) is 2.61. The van der Waals surface area contributed by atoms with Gasteiger partial charge in [0, 0.05) is 5.08 Å². The molecule has 0 nitrogen and oxygen atoms in total. The van der Waals surface area contributed by atoms with Crippen LogP contribution < -0.4 is 0 Å². The molecule has 70 valence electrons. The first-order valence-electron chi connectivity index (χ1n) is 4.59. The third-order valence-corrected chi connectivity index (χ3v) is 6.40. The van der Waals surface area contributed by atoms with Crippen LogP contribution in [0, 0.1) is 5.92 Å². The number of rotatable bonds is 2. The van der Waals surface area contributed by atoms with E-state index in [4.69, 9.17) is 0 Å². The van der Waals surface area contributed by atoms with E-state index in [-0.39, 0.29) is 0 Å². The standard InChI is InChI=1S/C11H14S2/c1-9(2)11(12-8-13-11)10-6-4-3-5-7-10/h3-7,9H,8H2,1-2H3. The van der Waals surface area contributed by atoms with E-state index in [1.54, 1.807) is 0 Å². The summed E-state index contributed by atoms with van der Waals surface area (Å²) >= 11 is 4.15. The molecule has 0 unspecified atom stereocenters. The van der Waals surface area contributed by atoms with Gasteiger partial charge >= 0.3 is 0 Å². The van der Waals surface area contributed by atoms with E-state index in [2.05, 4.69) is 67.7 Å². The Morgan fingerprint density at radius 1 is 1.15 bits per heavy atom. The SMILES string of the molecule is CC(C)C1(c2ccccc2)SCS1. The summed E-state index contributed by atoms with van der Waals surface area (Å²) in [6.07, 6.45) is 0. The van der Waals surface area contributed by atoms with Gasteiger partial charge in [0.2, 0.25) is 0 Å². The summed E-state index contributed by atoms with van der Waals surface area (Å²) < 4.78 is 0.348. The van der Waals surface area contributed by atoms with Crippen molar-refractivity contribution in [2.75, 3.05) is 5.08 Å². The fourth-order valence-electron chi connectivity index (χ4n) is 1.69. The van der Waals surface area contributed by atoms with Gasteiger partial charge in [0.15, 0.2) is 0 Å². The van der Waals surface area contributed by atoms with E-state index in [0.29, 0.717) is 10.00 Å². The third-order valence-electron chi connectivity index (χ3n) is 2.48. The first-order valence-corrected chi connectivity index (χ1v) is 6.56. The molecule has 0 saturated carbocycles. The molecule has 0 radical (unpaired) electrons. The predicted molar refractivity (Wildman–Crippen MR) is 63.0 cm³/mol. The maximum atomic E-state index is 2.31. The van der Waals surface area contributed by atoms with Crippen molar-refractivity contribution in [1.29, 1.82) is 0 Å². The fourth-order valence-corrected chi connectivity index (χ4v) is 4.45. The van der Waals surface area contributed by atoms with E-state index < -0.39 is 0 Å². The molecule has 2 rings (SSSR count). The average molecular weight is 210 g/mol. The number of thioether (sulfide) groups is 2. The minimum atomic E-state index is 0.348. The minimum Gasteiger partial charge on any atom is -0.128 e. The Labute approximate surface area is 88.5 Å². The predicted octanol–water partition coefficient (Wildman–Crippen LogP) is 3.93. The first kappa shape index (κ1) is 9.47. The minimum absolute atomic E-state index is 0.348. The largest absolute Gasteiger partial charge is 0.128 e. The van der Waals surface area contributed by atoms with Crippen molar-refractivity contribution in [3.63, 3.8) is 0 Å². The molecule has 0 aromatic heterocycles. The molecule has 1 aliphatic rings. The highest BCUT2D eigenvalue weighted by Crippen LogP contribution is 2.61. The van der Waals surface area contributed by atoms with Crippen LogP contribution in [0.15, 0.2) is 30.3 Å². The van der Waals surface area contributed by atoms with E-state index >= 15 is 0 Å². The van der Waals surface area contributed by atoms with Gasteiger partial charge in [-0.25, -0.2) is 0 Å². The van der Waals surface area contributed by atoms with Gasteiger partial charge in [0.25, 0.3) is 0 Å². The van der Waals surface area contributed by atoms with E-state index in [1.807, 2.05) is 0 Å². The topological polar surface area (TPSA) is 0 Å². The zero-order chi connectivity index (χ0) is 9.31. The zero-order valence-corrected chi connectivity index (χ0v) is 9.62. The van der Waals surface area contributed by atoms with Gasteiger partial charge in [-0.1, -0.05) is 44.2 Å². The Morgan fingerprint density at radius 3 is 2.15 bits per heavy atom. The van der Waals surface area contributed by atoms with Gasteiger partial charge < -0.3 is 0 Å². The monoisotopic (exact) mass is 210 g/mol. The van der Waals surface area contributed by atoms with Gasteiger partial charge in [-0.3, -0.25) is 0 Å². The molecule has 13 heavy (non-hydrogen) atoms. The first-order chi connectivity index (χ1) is 6.26. The molecule has 1 aromatic rings. The summed E-state index contributed by atoms with van der Waals surface area (Å²) in [5.41, 5.74) is 1.48. The van der Waals surface area contributed by atoms with Crippen molar-refractivity contribution >= 4 is 23.5 Å².